The fourth-order valence-corrected chi connectivity index (χ4v) is 2.18. The van der Waals surface area contributed by atoms with Crippen molar-refractivity contribution in [1.29, 1.82) is 0 Å². The summed E-state index contributed by atoms with van der Waals surface area (Å²) in [6.45, 7) is 3.66. The second-order valence-corrected chi connectivity index (χ2v) is 5.10. The quantitative estimate of drug-likeness (QED) is 0.507. The first-order valence-electron chi connectivity index (χ1n) is 6.53. The molecule has 0 heterocycles. The van der Waals surface area contributed by atoms with Gasteiger partial charge in [-0.05, 0) is 37.3 Å². The topological polar surface area (TPSA) is 21.6 Å². The number of ether oxygens (including phenoxy) is 1. The lowest BCUT2D eigenvalue weighted by Crippen LogP contribution is -1.99. The maximum atomic E-state index is 5.68. The van der Waals surface area contributed by atoms with Gasteiger partial charge in [0.2, 0.25) is 0 Å². The van der Waals surface area contributed by atoms with Crippen LogP contribution in [0.2, 0.25) is 0 Å². The second-order valence-electron chi connectivity index (χ2n) is 4.24. The van der Waals surface area contributed by atoms with E-state index in [0.717, 1.165) is 36.8 Å². The summed E-state index contributed by atoms with van der Waals surface area (Å²) in [5, 5.41) is 0. The van der Waals surface area contributed by atoms with E-state index in [9.17, 15) is 0 Å². The summed E-state index contributed by atoms with van der Waals surface area (Å²) in [4.78, 5) is 4.25. The molecule has 0 aliphatic rings. The highest BCUT2D eigenvalue weighted by Crippen LogP contribution is 2.16. The van der Waals surface area contributed by atoms with E-state index in [1.165, 1.54) is 11.3 Å². The van der Waals surface area contributed by atoms with Crippen molar-refractivity contribution in [2.75, 3.05) is 13.7 Å². The van der Waals surface area contributed by atoms with Gasteiger partial charge < -0.3 is 4.74 Å². The smallest absolute Gasteiger partial charge is 0.0727 e. The molecule has 0 unspecified atom stereocenters. The molecule has 1 aromatic rings. The Hall–Kier alpha value is -0.670. The molecule has 0 aliphatic carbocycles. The molecule has 0 radical (unpaired) electrons. The molecule has 0 N–H and O–H groups in total. The Morgan fingerprint density at radius 3 is 2.72 bits per heavy atom. The van der Waals surface area contributed by atoms with E-state index < -0.39 is 0 Å². The second kappa shape index (κ2) is 9.29. The molecule has 1 rings (SSSR count). The maximum Gasteiger partial charge on any atom is 0.0727 e. The molecular weight excluding hydrogens is 290 g/mol. The van der Waals surface area contributed by atoms with Crippen molar-refractivity contribution in [1.82, 2.24) is 0 Å². The summed E-state index contributed by atoms with van der Waals surface area (Å²) in [6.07, 6.45) is 4.43. The van der Waals surface area contributed by atoms with Gasteiger partial charge in [-0.15, -0.1) is 0 Å². The number of hydrogen-bond acceptors (Lipinski definition) is 2. The number of hydrogen-bond donors (Lipinski definition) is 0. The minimum absolute atomic E-state index is 0.684. The highest BCUT2D eigenvalue weighted by molar-refractivity contribution is 9.10. The van der Waals surface area contributed by atoms with E-state index >= 15 is 0 Å². The third-order valence-electron chi connectivity index (χ3n) is 2.94. The molecule has 0 atom stereocenters. The summed E-state index contributed by atoms with van der Waals surface area (Å²) in [7, 11) is 1.88. The average Bonchev–Trinajstić information content (AvgIpc) is 2.40. The molecule has 3 heteroatoms. The van der Waals surface area contributed by atoms with E-state index in [4.69, 9.17) is 4.74 Å². The van der Waals surface area contributed by atoms with Crippen LogP contribution in [0.15, 0.2) is 33.7 Å². The molecule has 18 heavy (non-hydrogen) atoms. The fraction of sp³-hybridized carbons (Fsp3) is 0.533. The summed E-state index contributed by atoms with van der Waals surface area (Å²) in [5.74, 6) is 0. The van der Waals surface area contributed by atoms with E-state index in [1.807, 2.05) is 25.2 Å². The van der Waals surface area contributed by atoms with Gasteiger partial charge in [0.15, 0.2) is 0 Å². The predicted molar refractivity (Wildman–Crippen MR) is 81.3 cm³/mol. The lowest BCUT2D eigenvalue weighted by atomic mass is 10.1. The number of unbranched alkanes of at least 4 members (excludes halogenated alkanes) is 1. The Morgan fingerprint density at radius 1 is 1.28 bits per heavy atom. The Labute approximate surface area is 119 Å². The highest BCUT2D eigenvalue weighted by atomic mass is 79.9. The third-order valence-corrected chi connectivity index (χ3v) is 3.72. The molecule has 1 aromatic carbocycles. The van der Waals surface area contributed by atoms with Crippen molar-refractivity contribution in [3.63, 3.8) is 0 Å². The van der Waals surface area contributed by atoms with Crippen molar-refractivity contribution >= 4 is 21.6 Å². The van der Waals surface area contributed by atoms with Crippen molar-refractivity contribution in [2.45, 2.75) is 39.2 Å². The first-order chi connectivity index (χ1) is 8.77. The normalized spacial score (nSPS) is 11.8. The summed E-state index contributed by atoms with van der Waals surface area (Å²) < 4.78 is 6.80. The average molecular weight is 312 g/mol. The first-order valence-corrected chi connectivity index (χ1v) is 7.33. The molecule has 0 saturated carbocycles. The molecule has 0 amide bonds. The predicted octanol–water partition coefficient (Wildman–Crippen LogP) is 4.62. The summed E-state index contributed by atoms with van der Waals surface area (Å²) in [5.41, 5.74) is 2.52. The Kier molecular flexibility index (Phi) is 7.94. The van der Waals surface area contributed by atoms with Gasteiger partial charge in [0.05, 0.1) is 6.61 Å². The van der Waals surface area contributed by atoms with Crippen LogP contribution in [0, 0.1) is 0 Å². The Balaban J connectivity index is 2.11. The van der Waals surface area contributed by atoms with Crippen molar-refractivity contribution < 1.29 is 4.74 Å². The largest absolute Gasteiger partial charge is 0.377 e. The van der Waals surface area contributed by atoms with E-state index in [0.29, 0.717) is 6.61 Å². The number of rotatable bonds is 8. The first kappa shape index (κ1) is 15.4. The maximum absolute atomic E-state index is 5.68. The third kappa shape index (κ3) is 5.78. The van der Waals surface area contributed by atoms with Crippen LogP contribution in [-0.2, 0) is 11.3 Å². The van der Waals surface area contributed by atoms with Gasteiger partial charge in [-0.2, -0.15) is 0 Å². The lowest BCUT2D eigenvalue weighted by Gasteiger charge is -2.06. The van der Waals surface area contributed by atoms with Crippen molar-refractivity contribution in [3.05, 3.63) is 34.3 Å². The van der Waals surface area contributed by atoms with Gasteiger partial charge in [-0.25, -0.2) is 0 Å². The van der Waals surface area contributed by atoms with Crippen LogP contribution < -0.4 is 0 Å². The van der Waals surface area contributed by atoms with Gasteiger partial charge in [-0.3, -0.25) is 4.99 Å². The zero-order chi connectivity index (χ0) is 13.2. The van der Waals surface area contributed by atoms with Crippen LogP contribution in [0.5, 0.6) is 0 Å². The molecule has 0 spiro atoms. The standard InChI is InChI=1S/C15H22BrNO/c1-3-14(17-2)9-6-7-11-18-12-13-8-4-5-10-15(13)16/h4-5,8,10H,3,6-7,9,11-12H2,1-2H3/b17-14+. The van der Waals surface area contributed by atoms with Gasteiger partial charge in [0, 0.05) is 23.8 Å². The molecule has 2 nitrogen and oxygen atoms in total. The molecule has 0 aromatic heterocycles. The zero-order valence-electron chi connectivity index (χ0n) is 11.3. The van der Waals surface area contributed by atoms with E-state index in [-0.39, 0.29) is 0 Å². The molecular formula is C15H22BrNO. The Morgan fingerprint density at radius 2 is 2.06 bits per heavy atom. The minimum Gasteiger partial charge on any atom is -0.377 e. The molecule has 0 aliphatic heterocycles. The molecule has 100 valence electrons. The minimum atomic E-state index is 0.684. The van der Waals surface area contributed by atoms with E-state index in [1.54, 1.807) is 0 Å². The highest BCUT2D eigenvalue weighted by Gasteiger charge is 1.99. The molecule has 0 saturated heterocycles. The van der Waals surface area contributed by atoms with Gasteiger partial charge >= 0.3 is 0 Å². The number of halogens is 1. The van der Waals surface area contributed by atoms with Crippen LogP contribution >= 0.6 is 15.9 Å². The summed E-state index contributed by atoms with van der Waals surface area (Å²) >= 11 is 3.52. The van der Waals surface area contributed by atoms with Gasteiger partial charge in [0.1, 0.15) is 0 Å². The zero-order valence-corrected chi connectivity index (χ0v) is 12.9. The molecule has 0 bridgehead atoms. The monoisotopic (exact) mass is 311 g/mol. The van der Waals surface area contributed by atoms with Crippen LogP contribution in [0.3, 0.4) is 0 Å². The summed E-state index contributed by atoms with van der Waals surface area (Å²) in [6, 6.07) is 8.19. The van der Waals surface area contributed by atoms with Crippen molar-refractivity contribution in [2.24, 2.45) is 4.99 Å². The Bertz CT molecular complexity index is 377. The van der Waals surface area contributed by atoms with Crippen LogP contribution in [0.25, 0.3) is 0 Å². The van der Waals surface area contributed by atoms with E-state index in [2.05, 4.69) is 33.9 Å². The SMILES string of the molecule is CC/C(CCCCOCc1ccccc1Br)=N\C. The van der Waals surface area contributed by atoms with Crippen LogP contribution in [-0.4, -0.2) is 19.4 Å². The van der Waals surface area contributed by atoms with Gasteiger partial charge in [0.25, 0.3) is 0 Å². The fourth-order valence-electron chi connectivity index (χ4n) is 1.78. The number of nitrogens with zero attached hydrogens (tertiary/aromatic N) is 1. The van der Waals surface area contributed by atoms with Gasteiger partial charge in [-0.1, -0.05) is 41.1 Å². The van der Waals surface area contributed by atoms with Crippen LogP contribution in [0.1, 0.15) is 38.2 Å². The number of benzene rings is 1. The van der Waals surface area contributed by atoms with Crippen molar-refractivity contribution in [3.8, 4) is 0 Å². The van der Waals surface area contributed by atoms with Crippen LogP contribution in [0.4, 0.5) is 0 Å². The lowest BCUT2D eigenvalue weighted by molar-refractivity contribution is 0.117. The molecule has 0 fully saturated rings. The number of aliphatic imine (C=N–C) groups is 1.